The maximum absolute atomic E-state index is 6.44. The molecule has 1 aliphatic rings. The monoisotopic (exact) mass is 245 g/mol. The Morgan fingerprint density at radius 2 is 2.18 bits per heavy atom. The molecule has 88 valence electrons. The molecular formula is C14H15NOS. The van der Waals surface area contributed by atoms with Gasteiger partial charge in [-0.1, -0.05) is 18.2 Å². The SMILES string of the molecule is NC1(Cc2ccsc2)COc2ccccc2C1. The van der Waals surface area contributed by atoms with E-state index >= 15 is 0 Å². The molecule has 1 unspecified atom stereocenters. The number of para-hydroxylation sites is 1. The normalized spacial score (nSPS) is 22.9. The van der Waals surface area contributed by atoms with Gasteiger partial charge in [0, 0.05) is 0 Å². The molecule has 0 amide bonds. The summed E-state index contributed by atoms with van der Waals surface area (Å²) < 4.78 is 5.77. The van der Waals surface area contributed by atoms with E-state index < -0.39 is 0 Å². The van der Waals surface area contributed by atoms with Crippen LogP contribution in [-0.4, -0.2) is 12.1 Å². The van der Waals surface area contributed by atoms with Gasteiger partial charge in [-0.15, -0.1) is 0 Å². The van der Waals surface area contributed by atoms with Gasteiger partial charge >= 0.3 is 0 Å². The Balaban J connectivity index is 1.82. The molecule has 3 heteroatoms. The van der Waals surface area contributed by atoms with Crippen molar-refractivity contribution in [3.63, 3.8) is 0 Å². The average molecular weight is 245 g/mol. The number of benzene rings is 1. The van der Waals surface area contributed by atoms with Crippen molar-refractivity contribution in [1.29, 1.82) is 0 Å². The third-order valence-electron chi connectivity index (χ3n) is 3.17. The molecule has 1 aromatic carbocycles. The maximum atomic E-state index is 6.44. The predicted octanol–water partition coefficient (Wildman–Crippen LogP) is 2.62. The van der Waals surface area contributed by atoms with Crippen LogP contribution in [0.25, 0.3) is 0 Å². The van der Waals surface area contributed by atoms with Crippen LogP contribution in [0.1, 0.15) is 11.1 Å². The molecule has 2 nitrogen and oxygen atoms in total. The van der Waals surface area contributed by atoms with E-state index in [4.69, 9.17) is 10.5 Å². The lowest BCUT2D eigenvalue weighted by molar-refractivity contribution is 0.190. The molecular weight excluding hydrogens is 230 g/mol. The molecule has 1 aliphatic heterocycles. The number of rotatable bonds is 2. The van der Waals surface area contributed by atoms with Crippen LogP contribution in [0.3, 0.4) is 0 Å². The Labute approximate surface area is 105 Å². The molecule has 0 bridgehead atoms. The van der Waals surface area contributed by atoms with Crippen LogP contribution in [0.5, 0.6) is 5.75 Å². The average Bonchev–Trinajstić information content (AvgIpc) is 2.81. The number of hydrogen-bond donors (Lipinski definition) is 1. The highest BCUT2D eigenvalue weighted by molar-refractivity contribution is 7.07. The molecule has 2 aromatic rings. The maximum Gasteiger partial charge on any atom is 0.122 e. The van der Waals surface area contributed by atoms with Crippen molar-refractivity contribution >= 4 is 11.3 Å². The Morgan fingerprint density at radius 3 is 3.00 bits per heavy atom. The van der Waals surface area contributed by atoms with Crippen LogP contribution < -0.4 is 10.5 Å². The molecule has 1 aromatic heterocycles. The summed E-state index contributed by atoms with van der Waals surface area (Å²) in [6, 6.07) is 10.3. The van der Waals surface area contributed by atoms with Crippen molar-refractivity contribution in [3.05, 3.63) is 52.2 Å². The number of thiophene rings is 1. The Bertz CT molecular complexity index is 509. The minimum Gasteiger partial charge on any atom is -0.491 e. The van der Waals surface area contributed by atoms with Gasteiger partial charge in [0.25, 0.3) is 0 Å². The molecule has 0 spiro atoms. The molecule has 0 saturated heterocycles. The zero-order valence-corrected chi connectivity index (χ0v) is 10.4. The smallest absolute Gasteiger partial charge is 0.122 e. The highest BCUT2D eigenvalue weighted by Crippen LogP contribution is 2.30. The summed E-state index contributed by atoms with van der Waals surface area (Å²) >= 11 is 1.72. The molecule has 2 heterocycles. The van der Waals surface area contributed by atoms with E-state index in [0.29, 0.717) is 6.61 Å². The summed E-state index contributed by atoms with van der Waals surface area (Å²) in [7, 11) is 0. The van der Waals surface area contributed by atoms with Crippen LogP contribution in [0.2, 0.25) is 0 Å². The van der Waals surface area contributed by atoms with Crippen molar-refractivity contribution in [2.24, 2.45) is 5.73 Å². The van der Waals surface area contributed by atoms with Crippen molar-refractivity contribution in [2.45, 2.75) is 18.4 Å². The van der Waals surface area contributed by atoms with E-state index in [-0.39, 0.29) is 5.54 Å². The highest BCUT2D eigenvalue weighted by Gasteiger charge is 2.32. The molecule has 17 heavy (non-hydrogen) atoms. The fraction of sp³-hybridized carbons (Fsp3) is 0.286. The molecule has 0 aliphatic carbocycles. The topological polar surface area (TPSA) is 35.2 Å². The molecule has 0 fully saturated rings. The van der Waals surface area contributed by atoms with E-state index in [9.17, 15) is 0 Å². The first kappa shape index (κ1) is 10.8. The van der Waals surface area contributed by atoms with Crippen molar-refractivity contribution < 1.29 is 4.74 Å². The minimum absolute atomic E-state index is 0.268. The fourth-order valence-electron chi connectivity index (χ4n) is 2.36. The number of ether oxygens (including phenoxy) is 1. The lowest BCUT2D eigenvalue weighted by Gasteiger charge is -2.34. The molecule has 1 atom stereocenters. The van der Waals surface area contributed by atoms with Crippen LogP contribution in [0, 0.1) is 0 Å². The van der Waals surface area contributed by atoms with Crippen molar-refractivity contribution in [3.8, 4) is 5.75 Å². The summed E-state index contributed by atoms with van der Waals surface area (Å²) in [6.45, 7) is 0.597. The molecule has 2 N–H and O–H groups in total. The van der Waals surface area contributed by atoms with Gasteiger partial charge in [-0.3, -0.25) is 0 Å². The van der Waals surface area contributed by atoms with E-state index in [1.165, 1.54) is 11.1 Å². The first-order chi connectivity index (χ1) is 8.25. The van der Waals surface area contributed by atoms with Crippen LogP contribution >= 0.6 is 11.3 Å². The third-order valence-corrected chi connectivity index (χ3v) is 3.90. The lowest BCUT2D eigenvalue weighted by Crippen LogP contribution is -2.51. The second-order valence-electron chi connectivity index (χ2n) is 4.74. The lowest BCUT2D eigenvalue weighted by atomic mass is 9.85. The van der Waals surface area contributed by atoms with Crippen molar-refractivity contribution in [2.75, 3.05) is 6.61 Å². The van der Waals surface area contributed by atoms with Gasteiger partial charge in [-0.25, -0.2) is 0 Å². The van der Waals surface area contributed by atoms with E-state index in [1.54, 1.807) is 11.3 Å². The molecule has 0 radical (unpaired) electrons. The summed E-state index contributed by atoms with van der Waals surface area (Å²) in [5, 5.41) is 4.26. The summed E-state index contributed by atoms with van der Waals surface area (Å²) in [6.07, 6.45) is 1.77. The number of fused-ring (bicyclic) bond motifs is 1. The van der Waals surface area contributed by atoms with Crippen molar-refractivity contribution in [1.82, 2.24) is 0 Å². The molecule has 0 saturated carbocycles. The van der Waals surface area contributed by atoms with Gasteiger partial charge in [0.1, 0.15) is 12.4 Å². The minimum atomic E-state index is -0.268. The predicted molar refractivity (Wildman–Crippen MR) is 70.6 cm³/mol. The van der Waals surface area contributed by atoms with Gasteiger partial charge in [-0.2, -0.15) is 11.3 Å². The molecule has 3 rings (SSSR count). The summed E-state index contributed by atoms with van der Waals surface area (Å²) in [5.41, 5.74) is 8.70. The number of nitrogens with two attached hydrogens (primary N) is 1. The second kappa shape index (κ2) is 4.17. The van der Waals surface area contributed by atoms with E-state index in [2.05, 4.69) is 22.9 Å². The van der Waals surface area contributed by atoms with Gasteiger partial charge < -0.3 is 10.5 Å². The van der Waals surface area contributed by atoms with Gasteiger partial charge in [0.05, 0.1) is 5.54 Å². The largest absolute Gasteiger partial charge is 0.491 e. The summed E-state index contributed by atoms with van der Waals surface area (Å²) in [4.78, 5) is 0. The zero-order valence-electron chi connectivity index (χ0n) is 9.56. The van der Waals surface area contributed by atoms with Gasteiger partial charge in [-0.05, 0) is 46.9 Å². The first-order valence-corrected chi connectivity index (χ1v) is 6.70. The zero-order chi connectivity index (χ0) is 11.7. The quantitative estimate of drug-likeness (QED) is 0.882. The first-order valence-electron chi connectivity index (χ1n) is 5.76. The van der Waals surface area contributed by atoms with Gasteiger partial charge in [0.15, 0.2) is 0 Å². The third kappa shape index (κ3) is 2.21. The Morgan fingerprint density at radius 1 is 1.29 bits per heavy atom. The van der Waals surface area contributed by atoms with Crippen LogP contribution in [0.4, 0.5) is 0 Å². The Kier molecular flexibility index (Phi) is 2.65. The van der Waals surface area contributed by atoms with E-state index in [1.807, 2.05) is 18.2 Å². The second-order valence-corrected chi connectivity index (χ2v) is 5.52. The Hall–Kier alpha value is -1.32. The fourth-order valence-corrected chi connectivity index (χ4v) is 3.02. The van der Waals surface area contributed by atoms with Gasteiger partial charge in [0.2, 0.25) is 0 Å². The highest BCUT2D eigenvalue weighted by atomic mass is 32.1. The van der Waals surface area contributed by atoms with Crippen LogP contribution in [-0.2, 0) is 12.8 Å². The number of hydrogen-bond acceptors (Lipinski definition) is 3. The van der Waals surface area contributed by atoms with E-state index in [0.717, 1.165) is 18.6 Å². The summed E-state index contributed by atoms with van der Waals surface area (Å²) in [5.74, 6) is 0.985. The van der Waals surface area contributed by atoms with Crippen LogP contribution in [0.15, 0.2) is 41.1 Å². The standard InChI is InChI=1S/C14H15NOS/c15-14(7-11-5-6-17-9-11)8-12-3-1-2-4-13(12)16-10-14/h1-6,9H,7-8,10,15H2.